The van der Waals surface area contributed by atoms with Crippen LogP contribution in [0, 0.1) is 5.82 Å². The van der Waals surface area contributed by atoms with Crippen LogP contribution in [0.2, 0.25) is 0 Å². The monoisotopic (exact) mass is 449 g/mol. The number of nitrogens with zero attached hydrogens (tertiary/aromatic N) is 1. The number of alkyl halides is 3. The van der Waals surface area contributed by atoms with Crippen molar-refractivity contribution in [3.05, 3.63) is 77.4 Å². The van der Waals surface area contributed by atoms with E-state index in [-0.39, 0.29) is 28.6 Å². The Bertz CT molecular complexity index is 1180. The topological polar surface area (TPSA) is 104 Å². The summed E-state index contributed by atoms with van der Waals surface area (Å²) in [6, 6.07) is 8.07. The Hall–Kier alpha value is -4.15. The van der Waals surface area contributed by atoms with Gasteiger partial charge in [0.15, 0.2) is 11.5 Å². The van der Waals surface area contributed by atoms with E-state index in [1.54, 1.807) is 0 Å². The molecule has 7 nitrogen and oxygen atoms in total. The number of ether oxygens (including phenoxy) is 2. The fraction of sp³-hybridized carbons (Fsp3) is 0.0952. The summed E-state index contributed by atoms with van der Waals surface area (Å²) in [6.07, 6.45) is -3.53. The van der Waals surface area contributed by atoms with E-state index in [2.05, 4.69) is 10.3 Å². The zero-order valence-corrected chi connectivity index (χ0v) is 16.4. The summed E-state index contributed by atoms with van der Waals surface area (Å²) in [7, 11) is 1.25. The number of methoxy groups -OCH3 is 1. The van der Waals surface area contributed by atoms with Gasteiger partial charge in [-0.15, -0.1) is 0 Å². The first-order valence-corrected chi connectivity index (χ1v) is 8.88. The lowest BCUT2D eigenvalue weighted by Crippen LogP contribution is -2.17. The lowest BCUT2D eigenvalue weighted by Gasteiger charge is -2.16. The summed E-state index contributed by atoms with van der Waals surface area (Å²) < 4.78 is 63.7. The molecule has 0 aliphatic heterocycles. The fourth-order valence-electron chi connectivity index (χ4n) is 2.66. The van der Waals surface area contributed by atoms with Gasteiger partial charge in [0.05, 0.1) is 18.2 Å². The summed E-state index contributed by atoms with van der Waals surface area (Å²) in [5, 5.41) is 2.37. The summed E-state index contributed by atoms with van der Waals surface area (Å²) in [5.74, 6) is -2.74. The van der Waals surface area contributed by atoms with Gasteiger partial charge in [-0.25, -0.2) is 4.39 Å². The maximum Gasteiger partial charge on any atom is 0.416 e. The molecule has 0 saturated heterocycles. The minimum absolute atomic E-state index is 0.0253. The second kappa shape index (κ2) is 8.92. The van der Waals surface area contributed by atoms with Gasteiger partial charge in [-0.3, -0.25) is 14.6 Å². The van der Waals surface area contributed by atoms with E-state index in [9.17, 15) is 27.2 Å². The van der Waals surface area contributed by atoms with Gasteiger partial charge in [-0.05, 0) is 42.5 Å². The van der Waals surface area contributed by atoms with Gasteiger partial charge in [0.25, 0.3) is 11.8 Å². The molecule has 3 aromatic rings. The van der Waals surface area contributed by atoms with Crippen molar-refractivity contribution in [3.63, 3.8) is 0 Å². The molecule has 32 heavy (non-hydrogen) atoms. The molecular formula is C21H15F4N3O4. The molecule has 0 atom stereocenters. The molecule has 3 N–H and O–H groups in total. The SMILES string of the molecule is COc1cc(F)ccc1Oc1ccc(C(F)(F)F)cc1C(=O)Nc1ccnc(C(N)=O)c1. The Kier molecular flexibility index (Phi) is 6.28. The average Bonchev–Trinajstić information content (AvgIpc) is 2.74. The number of benzene rings is 2. The largest absolute Gasteiger partial charge is 0.493 e. The van der Waals surface area contributed by atoms with Crippen molar-refractivity contribution in [3.8, 4) is 17.2 Å². The van der Waals surface area contributed by atoms with E-state index in [0.717, 1.165) is 30.3 Å². The van der Waals surface area contributed by atoms with Crippen LogP contribution in [0.4, 0.5) is 23.2 Å². The zero-order chi connectivity index (χ0) is 23.5. The lowest BCUT2D eigenvalue weighted by molar-refractivity contribution is -0.137. The number of nitrogens with one attached hydrogen (secondary N) is 1. The van der Waals surface area contributed by atoms with E-state index in [1.165, 1.54) is 25.4 Å². The third-order valence-electron chi connectivity index (χ3n) is 4.17. The Morgan fingerprint density at radius 3 is 2.38 bits per heavy atom. The Balaban J connectivity index is 2.01. The number of hydrogen-bond donors (Lipinski definition) is 2. The summed E-state index contributed by atoms with van der Waals surface area (Å²) in [4.78, 5) is 27.8. The van der Waals surface area contributed by atoms with Gasteiger partial charge >= 0.3 is 6.18 Å². The van der Waals surface area contributed by atoms with Gasteiger partial charge < -0.3 is 20.5 Å². The molecule has 1 aromatic heterocycles. The molecule has 0 aliphatic carbocycles. The van der Waals surface area contributed by atoms with Crippen LogP contribution in [0.5, 0.6) is 17.2 Å². The molecule has 0 radical (unpaired) electrons. The number of carbonyl (C=O) groups is 2. The maximum absolute atomic E-state index is 13.4. The van der Waals surface area contributed by atoms with Crippen molar-refractivity contribution in [2.24, 2.45) is 5.73 Å². The minimum Gasteiger partial charge on any atom is -0.493 e. The minimum atomic E-state index is -4.73. The van der Waals surface area contributed by atoms with Crippen LogP contribution in [0.15, 0.2) is 54.7 Å². The number of hydrogen-bond acceptors (Lipinski definition) is 5. The Morgan fingerprint density at radius 2 is 1.72 bits per heavy atom. The van der Waals surface area contributed by atoms with Crippen molar-refractivity contribution in [1.82, 2.24) is 4.98 Å². The number of anilines is 1. The number of pyridine rings is 1. The zero-order valence-electron chi connectivity index (χ0n) is 16.4. The molecular weight excluding hydrogens is 434 g/mol. The molecule has 2 aromatic carbocycles. The van der Waals surface area contributed by atoms with Gasteiger partial charge in [0, 0.05) is 18.0 Å². The second-order valence-corrected chi connectivity index (χ2v) is 6.35. The number of rotatable bonds is 6. The number of halogens is 4. The van der Waals surface area contributed by atoms with Crippen LogP contribution >= 0.6 is 0 Å². The first kappa shape index (κ1) is 22.5. The van der Waals surface area contributed by atoms with Crippen LogP contribution in [-0.2, 0) is 6.18 Å². The van der Waals surface area contributed by atoms with Crippen molar-refractivity contribution in [2.45, 2.75) is 6.18 Å². The first-order valence-electron chi connectivity index (χ1n) is 8.88. The Morgan fingerprint density at radius 1 is 1.00 bits per heavy atom. The highest BCUT2D eigenvalue weighted by Crippen LogP contribution is 2.37. The third kappa shape index (κ3) is 5.12. The normalized spacial score (nSPS) is 11.0. The molecule has 11 heteroatoms. The molecule has 1 heterocycles. The van der Waals surface area contributed by atoms with Gasteiger partial charge in [0.2, 0.25) is 0 Å². The van der Waals surface area contributed by atoms with Crippen LogP contribution in [0.1, 0.15) is 26.4 Å². The summed E-state index contributed by atoms with van der Waals surface area (Å²) in [5.41, 5.74) is 3.50. The lowest BCUT2D eigenvalue weighted by atomic mass is 10.1. The highest BCUT2D eigenvalue weighted by Gasteiger charge is 2.32. The van der Waals surface area contributed by atoms with Gasteiger partial charge in [-0.1, -0.05) is 0 Å². The third-order valence-corrected chi connectivity index (χ3v) is 4.17. The molecule has 0 saturated carbocycles. The highest BCUT2D eigenvalue weighted by atomic mass is 19.4. The van der Waals surface area contributed by atoms with Crippen LogP contribution in [0.3, 0.4) is 0 Å². The van der Waals surface area contributed by atoms with Crippen molar-refractivity contribution in [2.75, 3.05) is 12.4 Å². The smallest absolute Gasteiger partial charge is 0.416 e. The molecule has 3 rings (SSSR count). The quantitative estimate of drug-likeness (QED) is 0.544. The average molecular weight is 449 g/mol. The van der Waals surface area contributed by atoms with E-state index < -0.39 is 34.9 Å². The Labute approximate surface area is 178 Å². The molecule has 0 bridgehead atoms. The maximum atomic E-state index is 13.4. The van der Waals surface area contributed by atoms with E-state index in [4.69, 9.17) is 15.2 Å². The van der Waals surface area contributed by atoms with E-state index in [0.29, 0.717) is 6.07 Å². The highest BCUT2D eigenvalue weighted by molar-refractivity contribution is 6.06. The van der Waals surface area contributed by atoms with Crippen LogP contribution in [0.25, 0.3) is 0 Å². The predicted octanol–water partition coefficient (Wildman–Crippen LogP) is 4.39. The first-order chi connectivity index (χ1) is 15.1. The molecule has 0 spiro atoms. The van der Waals surface area contributed by atoms with E-state index in [1.807, 2.05) is 0 Å². The standard InChI is InChI=1S/C21H15F4N3O4/c1-31-18-9-12(22)3-5-17(18)32-16-4-2-11(21(23,24)25)8-14(16)20(30)28-13-6-7-27-15(10-13)19(26)29/h2-10H,1H3,(H2,26,29)(H,27,28,30). The molecule has 0 aliphatic rings. The number of nitrogens with two attached hydrogens (primary N) is 1. The molecule has 166 valence electrons. The molecule has 0 unspecified atom stereocenters. The molecule has 2 amide bonds. The summed E-state index contributed by atoms with van der Waals surface area (Å²) >= 11 is 0. The van der Waals surface area contributed by atoms with Gasteiger partial charge in [0.1, 0.15) is 17.3 Å². The van der Waals surface area contributed by atoms with Crippen molar-refractivity contribution in [1.29, 1.82) is 0 Å². The number of primary amides is 1. The fourth-order valence-corrected chi connectivity index (χ4v) is 2.66. The second-order valence-electron chi connectivity index (χ2n) is 6.35. The number of amides is 2. The molecule has 0 fully saturated rings. The van der Waals surface area contributed by atoms with Crippen LogP contribution < -0.4 is 20.5 Å². The van der Waals surface area contributed by atoms with Crippen molar-refractivity contribution < 1.29 is 36.6 Å². The van der Waals surface area contributed by atoms with E-state index >= 15 is 0 Å². The van der Waals surface area contributed by atoms with Crippen molar-refractivity contribution >= 4 is 17.5 Å². The number of carbonyl (C=O) groups excluding carboxylic acids is 2. The number of aromatic nitrogens is 1. The van der Waals surface area contributed by atoms with Gasteiger partial charge in [-0.2, -0.15) is 13.2 Å². The summed E-state index contributed by atoms with van der Waals surface area (Å²) in [6.45, 7) is 0. The van der Waals surface area contributed by atoms with Crippen LogP contribution in [-0.4, -0.2) is 23.9 Å². The predicted molar refractivity (Wildman–Crippen MR) is 105 cm³/mol.